The number of benzene rings is 1. The van der Waals surface area contributed by atoms with E-state index in [4.69, 9.17) is 9.63 Å². The first-order valence-electron chi connectivity index (χ1n) is 9.99. The number of aromatic nitrogens is 2. The number of urea groups is 1. The number of hydrogen-bond donors (Lipinski definition) is 3. The van der Waals surface area contributed by atoms with Crippen LogP contribution in [0.2, 0.25) is 0 Å². The van der Waals surface area contributed by atoms with Gasteiger partial charge in [0, 0.05) is 29.3 Å². The van der Waals surface area contributed by atoms with Gasteiger partial charge in [-0.05, 0) is 44.4 Å². The van der Waals surface area contributed by atoms with Crippen LogP contribution in [0.15, 0.2) is 28.8 Å². The molecule has 9 heteroatoms. The lowest BCUT2D eigenvalue weighted by molar-refractivity contribution is -0.139. The lowest BCUT2D eigenvalue weighted by atomic mass is 9.85. The molecular formula is C20H25N5O4. The highest BCUT2D eigenvalue weighted by molar-refractivity contribution is 5.90. The summed E-state index contributed by atoms with van der Waals surface area (Å²) >= 11 is 0. The average molecular weight is 399 g/mol. The molecule has 2 aliphatic carbocycles. The quantitative estimate of drug-likeness (QED) is 0.624. The third-order valence-electron chi connectivity index (χ3n) is 5.46. The second-order valence-electron chi connectivity index (χ2n) is 7.69. The second kappa shape index (κ2) is 8.20. The molecule has 0 aliphatic heterocycles. The predicted octanol–water partition coefficient (Wildman–Crippen LogP) is 2.67. The zero-order valence-corrected chi connectivity index (χ0v) is 16.3. The Labute approximate surface area is 168 Å². The van der Waals surface area contributed by atoms with Gasteiger partial charge in [-0.2, -0.15) is 4.98 Å². The van der Waals surface area contributed by atoms with Crippen LogP contribution in [0.25, 0.3) is 11.4 Å². The smallest absolute Gasteiger partial charge is 0.319 e. The van der Waals surface area contributed by atoms with Gasteiger partial charge < -0.3 is 20.3 Å². The maximum Gasteiger partial charge on any atom is 0.319 e. The minimum Gasteiger partial charge on any atom is -0.480 e. The van der Waals surface area contributed by atoms with Crippen molar-refractivity contribution in [3.8, 4) is 11.4 Å². The Morgan fingerprint density at radius 2 is 2.10 bits per heavy atom. The molecule has 1 aromatic heterocycles. The number of carbonyl (C=O) groups excluding carboxylic acids is 1. The van der Waals surface area contributed by atoms with Crippen LogP contribution in [-0.4, -0.2) is 57.3 Å². The van der Waals surface area contributed by atoms with Crippen molar-refractivity contribution in [2.75, 3.05) is 18.4 Å². The van der Waals surface area contributed by atoms with Crippen LogP contribution in [0.1, 0.15) is 44.4 Å². The lowest BCUT2D eigenvalue weighted by Crippen LogP contribution is -2.55. The monoisotopic (exact) mass is 399 g/mol. The second-order valence-corrected chi connectivity index (χ2v) is 7.69. The van der Waals surface area contributed by atoms with E-state index in [2.05, 4.69) is 20.8 Å². The summed E-state index contributed by atoms with van der Waals surface area (Å²) in [7, 11) is 0. The van der Waals surface area contributed by atoms with E-state index in [1.807, 2.05) is 30.0 Å². The Bertz CT molecular complexity index is 889. The van der Waals surface area contributed by atoms with Crippen molar-refractivity contribution in [2.45, 2.75) is 50.6 Å². The number of carboxylic acids is 1. The maximum absolute atomic E-state index is 12.3. The van der Waals surface area contributed by atoms with E-state index in [1.54, 1.807) is 6.07 Å². The van der Waals surface area contributed by atoms with E-state index in [1.165, 1.54) is 0 Å². The summed E-state index contributed by atoms with van der Waals surface area (Å²) in [6.07, 6.45) is 3.69. The van der Waals surface area contributed by atoms with Crippen LogP contribution in [0, 0.1) is 0 Å². The minimum absolute atomic E-state index is 0.0332. The van der Waals surface area contributed by atoms with Crippen molar-refractivity contribution in [3.05, 3.63) is 30.2 Å². The molecule has 9 nitrogen and oxygen atoms in total. The molecule has 2 aromatic rings. The van der Waals surface area contributed by atoms with Gasteiger partial charge in [0.25, 0.3) is 0 Å². The molecule has 3 N–H and O–H groups in total. The van der Waals surface area contributed by atoms with E-state index in [9.17, 15) is 9.59 Å². The van der Waals surface area contributed by atoms with Crippen molar-refractivity contribution in [1.29, 1.82) is 0 Å². The highest BCUT2D eigenvalue weighted by Gasteiger charge is 2.34. The fourth-order valence-corrected chi connectivity index (χ4v) is 3.61. The largest absolute Gasteiger partial charge is 0.480 e. The molecule has 0 saturated heterocycles. The molecule has 2 aliphatic rings. The average Bonchev–Trinajstić information content (AvgIpc) is 3.39. The zero-order valence-electron chi connectivity index (χ0n) is 16.3. The molecular weight excluding hydrogens is 374 g/mol. The predicted molar refractivity (Wildman–Crippen MR) is 106 cm³/mol. The van der Waals surface area contributed by atoms with Crippen LogP contribution in [0.4, 0.5) is 10.5 Å². The fourth-order valence-electron chi connectivity index (χ4n) is 3.61. The lowest BCUT2D eigenvalue weighted by Gasteiger charge is -2.42. The first-order chi connectivity index (χ1) is 14.0. The Kier molecular flexibility index (Phi) is 5.48. The van der Waals surface area contributed by atoms with Gasteiger partial charge in [0.2, 0.25) is 11.7 Å². The zero-order chi connectivity index (χ0) is 20.4. The number of hydrogen-bond acceptors (Lipinski definition) is 6. The molecule has 2 fully saturated rings. The summed E-state index contributed by atoms with van der Waals surface area (Å²) in [5.41, 5.74) is 1.43. The van der Waals surface area contributed by atoms with Crippen LogP contribution >= 0.6 is 0 Å². The number of amides is 2. The van der Waals surface area contributed by atoms with E-state index < -0.39 is 5.97 Å². The minimum atomic E-state index is -0.827. The van der Waals surface area contributed by atoms with Crippen LogP contribution < -0.4 is 10.6 Å². The number of nitrogens with zero attached hydrogens (tertiary/aromatic N) is 3. The first kappa shape index (κ1) is 19.4. The third-order valence-corrected chi connectivity index (χ3v) is 5.46. The Balaban J connectivity index is 1.28. The van der Waals surface area contributed by atoms with Crippen molar-refractivity contribution in [1.82, 2.24) is 20.4 Å². The van der Waals surface area contributed by atoms with Crippen molar-refractivity contribution in [3.63, 3.8) is 0 Å². The summed E-state index contributed by atoms with van der Waals surface area (Å²) < 4.78 is 5.30. The van der Waals surface area contributed by atoms with Gasteiger partial charge >= 0.3 is 12.0 Å². The molecule has 1 aromatic carbocycles. The third kappa shape index (κ3) is 4.73. The molecule has 0 spiro atoms. The normalized spacial score (nSPS) is 20.9. The number of rotatable bonds is 8. The number of carbonyl (C=O) groups is 2. The molecule has 0 atom stereocenters. The van der Waals surface area contributed by atoms with Crippen LogP contribution in [0.3, 0.4) is 0 Å². The van der Waals surface area contributed by atoms with Gasteiger partial charge in [-0.1, -0.05) is 24.2 Å². The number of carboxylic acid groups (broad SMARTS) is 1. The van der Waals surface area contributed by atoms with Crippen LogP contribution in [-0.2, 0) is 4.79 Å². The summed E-state index contributed by atoms with van der Waals surface area (Å²) in [4.78, 5) is 29.6. The molecule has 2 amide bonds. The standard InChI is InChI=1S/C20H25N5O4/c1-2-25(11-17(26)27)16-9-15(10-16)22-20(28)21-14-5-3-4-13(8-14)18-23-19(29-24-18)12-6-7-12/h3-5,8,12,15-16H,2,6-7,9-11H2,1H3,(H,26,27)(H2,21,22,28). The maximum atomic E-state index is 12.3. The number of anilines is 1. The number of likely N-dealkylation sites (N-methyl/N-ethyl adjacent to an activating group) is 1. The van der Waals surface area contributed by atoms with E-state index >= 15 is 0 Å². The van der Waals surface area contributed by atoms with E-state index in [0.29, 0.717) is 29.9 Å². The Hall–Kier alpha value is -2.94. The molecule has 1 heterocycles. The highest BCUT2D eigenvalue weighted by Crippen LogP contribution is 2.39. The molecule has 0 unspecified atom stereocenters. The highest BCUT2D eigenvalue weighted by atomic mass is 16.5. The van der Waals surface area contributed by atoms with Crippen molar-refractivity contribution in [2.24, 2.45) is 0 Å². The van der Waals surface area contributed by atoms with Gasteiger partial charge in [0.15, 0.2) is 0 Å². The Morgan fingerprint density at radius 1 is 1.31 bits per heavy atom. The van der Waals surface area contributed by atoms with Gasteiger partial charge in [0.1, 0.15) is 0 Å². The van der Waals surface area contributed by atoms with Gasteiger partial charge in [-0.25, -0.2) is 4.79 Å². The van der Waals surface area contributed by atoms with Crippen molar-refractivity contribution < 1.29 is 19.2 Å². The number of aliphatic carboxylic acids is 1. The topological polar surface area (TPSA) is 121 Å². The summed E-state index contributed by atoms with van der Waals surface area (Å²) in [5, 5.41) is 18.8. The van der Waals surface area contributed by atoms with E-state index in [-0.39, 0.29) is 24.7 Å². The molecule has 0 radical (unpaired) electrons. The number of nitrogens with one attached hydrogen (secondary N) is 2. The fraction of sp³-hybridized carbons (Fsp3) is 0.500. The molecule has 2 saturated carbocycles. The summed E-state index contributed by atoms with van der Waals surface area (Å²) in [6.45, 7) is 2.66. The molecule has 4 rings (SSSR count). The van der Waals surface area contributed by atoms with Gasteiger partial charge in [-0.3, -0.25) is 9.69 Å². The molecule has 0 bridgehead atoms. The summed E-state index contributed by atoms with van der Waals surface area (Å²) in [5.74, 6) is 0.774. The first-order valence-corrected chi connectivity index (χ1v) is 9.99. The van der Waals surface area contributed by atoms with Gasteiger partial charge in [0.05, 0.1) is 6.54 Å². The summed E-state index contributed by atoms with van der Waals surface area (Å²) in [6, 6.07) is 7.30. The van der Waals surface area contributed by atoms with E-state index in [0.717, 1.165) is 31.2 Å². The Morgan fingerprint density at radius 3 is 2.79 bits per heavy atom. The SMILES string of the molecule is CCN(CC(=O)O)C1CC(NC(=O)Nc2cccc(-c3noc(C4CC4)n3)c2)C1. The van der Waals surface area contributed by atoms with Crippen molar-refractivity contribution >= 4 is 17.7 Å². The molecule has 154 valence electrons. The van der Waals surface area contributed by atoms with Gasteiger partial charge in [-0.15, -0.1) is 0 Å². The van der Waals surface area contributed by atoms with Crippen LogP contribution in [0.5, 0.6) is 0 Å². The molecule has 29 heavy (non-hydrogen) atoms.